The number of aliphatic hydroxyl groups excluding tert-OH is 3. The zero-order valence-electron chi connectivity index (χ0n) is 32.4. The summed E-state index contributed by atoms with van der Waals surface area (Å²) in [4.78, 5) is 40.6. The predicted molar refractivity (Wildman–Crippen MR) is 203 cm³/mol. The van der Waals surface area contributed by atoms with Gasteiger partial charge in [0.15, 0.2) is 6.10 Å². The van der Waals surface area contributed by atoms with Gasteiger partial charge >= 0.3 is 23.6 Å². The molecule has 5 N–H and O–H groups in total. The van der Waals surface area contributed by atoms with Crippen molar-refractivity contribution in [3.8, 4) is 0 Å². The first kappa shape index (κ1) is 41.9. The highest BCUT2D eigenvalue weighted by Crippen LogP contribution is 2.59. The number of allylic oxidation sites excluding steroid dienone is 4. The number of ether oxygens (including phenoxy) is 3. The monoisotopic (exact) mass is 785 g/mol. The van der Waals surface area contributed by atoms with Crippen molar-refractivity contribution in [3.63, 3.8) is 0 Å². The lowest BCUT2D eigenvalue weighted by Crippen LogP contribution is -2.42. The fraction of sp³-hybridized carbons (Fsp3) is 0.667. The molecule has 14 heteroatoms. The van der Waals surface area contributed by atoms with Gasteiger partial charge in [0.05, 0.1) is 12.2 Å². The zero-order valence-corrected chi connectivity index (χ0v) is 32.4. The van der Waals surface area contributed by atoms with E-state index in [1.807, 2.05) is 12.2 Å². The smallest absolute Gasteiger partial charge is 0.351 e. The highest BCUT2D eigenvalue weighted by atomic mass is 19.3. The van der Waals surface area contributed by atoms with E-state index in [9.17, 15) is 38.5 Å². The van der Waals surface area contributed by atoms with Crippen LogP contribution in [-0.4, -0.2) is 79.9 Å². The molecular weight excluding hydrogens is 728 g/mol. The van der Waals surface area contributed by atoms with Gasteiger partial charge in [0, 0.05) is 25.5 Å². The Balaban J connectivity index is 0.946. The van der Waals surface area contributed by atoms with E-state index < -0.39 is 60.8 Å². The van der Waals surface area contributed by atoms with Crippen molar-refractivity contribution in [2.75, 3.05) is 12.3 Å². The van der Waals surface area contributed by atoms with E-state index in [2.05, 4.69) is 37.6 Å². The lowest BCUT2D eigenvalue weighted by molar-refractivity contribution is -0.152. The van der Waals surface area contributed by atoms with E-state index in [1.54, 1.807) is 0 Å². The molecule has 2 heterocycles. The number of esters is 2. The van der Waals surface area contributed by atoms with Gasteiger partial charge in [0.1, 0.15) is 24.6 Å². The van der Waals surface area contributed by atoms with Crippen molar-refractivity contribution >= 4 is 17.8 Å². The third-order valence-corrected chi connectivity index (χ3v) is 12.8. The van der Waals surface area contributed by atoms with Gasteiger partial charge in [-0.3, -0.25) is 14.2 Å². The Kier molecular flexibility index (Phi) is 13.0. The van der Waals surface area contributed by atoms with Crippen molar-refractivity contribution in [3.05, 3.63) is 70.3 Å². The van der Waals surface area contributed by atoms with Crippen LogP contribution in [-0.2, 0) is 23.8 Å². The number of carbonyl (C=O) groups is 2. The molecule has 0 aromatic carbocycles. The van der Waals surface area contributed by atoms with Crippen LogP contribution in [0.15, 0.2) is 64.7 Å². The molecule has 1 saturated heterocycles. The molecule has 1 aromatic heterocycles. The minimum atomic E-state index is -3.87. The largest absolute Gasteiger partial charge is 0.463 e. The summed E-state index contributed by atoms with van der Waals surface area (Å²) in [7, 11) is 0. The summed E-state index contributed by atoms with van der Waals surface area (Å²) in [5, 5.41) is 31.3. The van der Waals surface area contributed by atoms with Crippen LogP contribution in [0, 0.1) is 29.1 Å². The van der Waals surface area contributed by atoms with E-state index in [0.717, 1.165) is 56.4 Å². The van der Waals surface area contributed by atoms with Crippen molar-refractivity contribution in [2.24, 2.45) is 29.1 Å². The van der Waals surface area contributed by atoms with E-state index in [4.69, 9.17) is 19.9 Å². The maximum atomic E-state index is 14.8. The summed E-state index contributed by atoms with van der Waals surface area (Å²) in [6.45, 7) is 8.28. The van der Waals surface area contributed by atoms with E-state index >= 15 is 0 Å². The van der Waals surface area contributed by atoms with Crippen molar-refractivity contribution in [1.29, 1.82) is 0 Å². The maximum Gasteiger partial charge on any atom is 0.351 e. The highest BCUT2D eigenvalue weighted by molar-refractivity contribution is 5.71. The molecule has 0 amide bonds. The lowest BCUT2D eigenvalue weighted by Gasteiger charge is -2.44. The Hall–Kier alpha value is -3.72. The molecule has 4 saturated carbocycles. The number of anilines is 1. The summed E-state index contributed by atoms with van der Waals surface area (Å²) in [5.74, 6) is -3.43. The van der Waals surface area contributed by atoms with Crippen molar-refractivity contribution in [1.82, 2.24) is 9.55 Å². The Morgan fingerprint density at radius 1 is 1.14 bits per heavy atom. The molecule has 5 fully saturated rings. The van der Waals surface area contributed by atoms with Gasteiger partial charge in [-0.1, -0.05) is 50.3 Å². The number of nitrogens with two attached hydrogens (primary N) is 1. The first-order chi connectivity index (χ1) is 26.6. The molecule has 12 nitrogen and oxygen atoms in total. The number of rotatable bonds is 14. The van der Waals surface area contributed by atoms with Gasteiger partial charge in [0.25, 0.3) is 0 Å². The number of aliphatic hydroxyl groups is 3. The number of carbonyl (C=O) groups excluding carboxylic acids is 2. The Labute approximate surface area is 326 Å². The minimum absolute atomic E-state index is 0.00751. The lowest BCUT2D eigenvalue weighted by atomic mass is 9.61. The topological polar surface area (TPSA) is 183 Å². The Bertz CT molecular complexity index is 1770. The molecular formula is C42H57F2N3O9. The summed E-state index contributed by atoms with van der Waals surface area (Å²) < 4.78 is 46.0. The molecule has 0 radical (unpaired) electrons. The number of alkyl halides is 2. The number of hydrogen-bond acceptors (Lipinski definition) is 11. The van der Waals surface area contributed by atoms with Gasteiger partial charge in [-0.05, 0) is 111 Å². The first-order valence-corrected chi connectivity index (χ1v) is 20.1. The summed E-state index contributed by atoms with van der Waals surface area (Å²) in [6.07, 6.45) is 10.6. The van der Waals surface area contributed by atoms with Crippen LogP contribution < -0.4 is 11.4 Å². The van der Waals surface area contributed by atoms with Crippen molar-refractivity contribution < 1.29 is 47.9 Å². The molecule has 10 atom stereocenters. The zero-order chi connectivity index (χ0) is 40.4. The second-order valence-corrected chi connectivity index (χ2v) is 16.8. The summed E-state index contributed by atoms with van der Waals surface area (Å²) in [6, 6.07) is 1.14. The van der Waals surface area contributed by atoms with Crippen LogP contribution in [0.5, 0.6) is 0 Å². The van der Waals surface area contributed by atoms with Gasteiger partial charge in [-0.15, -0.1) is 0 Å². The maximum absolute atomic E-state index is 14.8. The minimum Gasteiger partial charge on any atom is -0.463 e. The predicted octanol–water partition coefficient (Wildman–Crippen LogP) is 5.48. The summed E-state index contributed by atoms with van der Waals surface area (Å²) in [5.41, 5.74) is 7.47. The number of fused-ring (bicyclic) bond motifs is 1. The molecule has 6 rings (SSSR count). The Morgan fingerprint density at radius 3 is 2.59 bits per heavy atom. The molecule has 0 bridgehead atoms. The second-order valence-electron chi connectivity index (χ2n) is 16.8. The van der Waals surface area contributed by atoms with Crippen LogP contribution in [0.1, 0.15) is 104 Å². The van der Waals surface area contributed by atoms with E-state index in [0.29, 0.717) is 40.2 Å². The van der Waals surface area contributed by atoms with Crippen LogP contribution in [0.4, 0.5) is 14.6 Å². The molecule has 4 aliphatic carbocycles. The average molecular weight is 786 g/mol. The van der Waals surface area contributed by atoms with Crippen LogP contribution in [0.25, 0.3) is 0 Å². The molecule has 1 aromatic rings. The second kappa shape index (κ2) is 17.4. The number of unbranched alkanes of at least 4 members (excludes halogenated alkanes) is 1. The van der Waals surface area contributed by atoms with Gasteiger partial charge in [-0.2, -0.15) is 13.8 Å². The normalized spacial score (nSPS) is 34.1. The van der Waals surface area contributed by atoms with Gasteiger partial charge in [0.2, 0.25) is 6.23 Å². The SMILES string of the molecule is C=C1/C(=C\C=C2/CCC[C@@]3(C)C2CCC3[C@@H](C)/C=C/C(O)C2CC2)C[C@@H](O)C[C@@H]1OC(=O)CCCCC(=O)OCC1OC(n2ccc(N)nc2=O)C(F)(F)C1O. The standard InChI is InChI=1S/C42H57F2N3O9/c1-24(10-17-32(49)27-12-13-27)30-15-16-31-26(7-6-19-41(30,31)3)11-14-28-21-29(48)22-33(25(28)2)55-37(51)9-5-4-8-36(50)54-23-34-38(52)42(43,44)39(56-34)47-20-18-35(45)46-40(47)53/h10-11,14,17-18,20,24,27,29-34,38-39,48-49,52H,2,4-9,12-13,15-16,19,21-23H2,1,3H3,(H2,45,46,53)/b17-10+,26-11+,28-14-/t24-,29+,30?,31?,32?,33-,34?,38?,39?,41+/m0/s1. The van der Waals surface area contributed by atoms with Crippen molar-refractivity contribution in [2.45, 2.75) is 140 Å². The number of hydrogen-bond donors (Lipinski definition) is 4. The van der Waals surface area contributed by atoms with Gasteiger partial charge < -0.3 is 35.3 Å². The number of nitrogen functional groups attached to an aromatic ring is 1. The molecule has 56 heavy (non-hydrogen) atoms. The first-order valence-electron chi connectivity index (χ1n) is 20.1. The van der Waals surface area contributed by atoms with E-state index in [1.165, 1.54) is 12.0 Å². The molecule has 0 spiro atoms. The van der Waals surface area contributed by atoms with Gasteiger partial charge in [-0.25, -0.2) is 4.79 Å². The molecule has 1 aliphatic heterocycles. The third kappa shape index (κ3) is 9.35. The highest BCUT2D eigenvalue weighted by Gasteiger charge is 2.60. The van der Waals surface area contributed by atoms with Crippen LogP contribution >= 0.6 is 0 Å². The molecule has 6 unspecified atom stereocenters. The number of nitrogens with zero attached hydrogens (tertiary/aromatic N) is 2. The summed E-state index contributed by atoms with van der Waals surface area (Å²) >= 11 is 0. The van der Waals surface area contributed by atoms with Crippen LogP contribution in [0.2, 0.25) is 0 Å². The third-order valence-electron chi connectivity index (χ3n) is 12.8. The fourth-order valence-corrected chi connectivity index (χ4v) is 9.44. The van der Waals surface area contributed by atoms with E-state index in [-0.39, 0.29) is 49.4 Å². The number of halogens is 2. The molecule has 308 valence electrons. The van der Waals surface area contributed by atoms with Crippen LogP contribution in [0.3, 0.4) is 0 Å². The average Bonchev–Trinajstić information content (AvgIpc) is 3.90. The quantitative estimate of drug-likeness (QED) is 0.107. The fourth-order valence-electron chi connectivity index (χ4n) is 9.44. The Morgan fingerprint density at radius 2 is 1.88 bits per heavy atom. The molecule has 5 aliphatic rings. The number of aromatic nitrogens is 2.